The number of alkyl halides is 1. The summed E-state index contributed by atoms with van der Waals surface area (Å²) in [5.41, 5.74) is 1.56. The first-order chi connectivity index (χ1) is 7.63. The zero-order valence-electron chi connectivity index (χ0n) is 9.00. The van der Waals surface area contributed by atoms with Gasteiger partial charge in [0.15, 0.2) is 5.78 Å². The summed E-state index contributed by atoms with van der Waals surface area (Å²) in [5.74, 6) is 0.497. The van der Waals surface area contributed by atoms with Crippen LogP contribution >= 0.6 is 15.9 Å². The zero-order valence-corrected chi connectivity index (χ0v) is 10.6. The third-order valence-electron chi connectivity index (χ3n) is 2.04. The fourth-order valence-corrected chi connectivity index (χ4v) is 1.45. The number of rotatable bonds is 5. The molecule has 0 aliphatic carbocycles. The molecule has 0 saturated heterocycles. The predicted molar refractivity (Wildman–Crippen MR) is 68.1 cm³/mol. The monoisotopic (exact) mass is 281 g/mol. The number of pyridine rings is 1. The van der Waals surface area contributed by atoms with Crippen LogP contribution in [0.5, 0.6) is 5.75 Å². The van der Waals surface area contributed by atoms with Crippen molar-refractivity contribution in [1.82, 2.24) is 4.98 Å². The van der Waals surface area contributed by atoms with Gasteiger partial charge in [0.1, 0.15) is 17.1 Å². The maximum Gasteiger partial charge on any atom is 0.191 e. The largest absolute Gasteiger partial charge is 0.494 e. The van der Waals surface area contributed by atoms with E-state index in [2.05, 4.69) is 34.1 Å². The Bertz CT molecular complexity index is 441. The summed E-state index contributed by atoms with van der Waals surface area (Å²) in [6.45, 7) is 7.41. The molecule has 0 radical (unpaired) electrons. The fourth-order valence-electron chi connectivity index (χ4n) is 1.16. The molecular formula is C12H12BrNO2. The summed E-state index contributed by atoms with van der Waals surface area (Å²) in [6, 6.07) is 3.33. The normalized spacial score (nSPS) is 9.62. The Kier molecular flexibility index (Phi) is 4.43. The van der Waals surface area contributed by atoms with Crippen LogP contribution in [0.15, 0.2) is 31.4 Å². The lowest BCUT2D eigenvalue weighted by Gasteiger charge is -2.08. The second-order valence-corrected chi connectivity index (χ2v) is 3.59. The number of hydrogen-bond acceptors (Lipinski definition) is 3. The quantitative estimate of drug-likeness (QED) is 0.473. The number of hydrogen-bond donors (Lipinski definition) is 0. The van der Waals surface area contributed by atoms with Crippen LogP contribution in [0.2, 0.25) is 0 Å². The smallest absolute Gasteiger partial charge is 0.191 e. The van der Waals surface area contributed by atoms with Gasteiger partial charge in [-0.3, -0.25) is 4.79 Å². The number of carbonyl (C=O) groups excluding carboxylic acids is 1. The number of ketones is 1. The summed E-state index contributed by atoms with van der Waals surface area (Å²) >= 11 is 3.10. The van der Waals surface area contributed by atoms with Gasteiger partial charge >= 0.3 is 0 Å². The molecular weight excluding hydrogens is 270 g/mol. The summed E-state index contributed by atoms with van der Waals surface area (Å²) in [4.78, 5) is 15.7. The Balaban J connectivity index is 3.26. The third-order valence-corrected chi connectivity index (χ3v) is 2.55. The maximum atomic E-state index is 11.5. The summed E-state index contributed by atoms with van der Waals surface area (Å²) < 4.78 is 5.14. The van der Waals surface area contributed by atoms with Crippen LogP contribution in [0.3, 0.4) is 0 Å². The first-order valence-corrected chi connectivity index (χ1v) is 5.72. The fraction of sp³-hybridized carbons (Fsp3) is 0.167. The topological polar surface area (TPSA) is 39.2 Å². The number of nitrogens with zero attached hydrogens (tertiary/aromatic N) is 1. The number of methoxy groups -OCH3 is 1. The van der Waals surface area contributed by atoms with Crippen molar-refractivity contribution in [3.8, 4) is 5.75 Å². The molecule has 0 aliphatic rings. The lowest BCUT2D eigenvalue weighted by atomic mass is 10.1. The molecule has 0 saturated carbocycles. The molecule has 1 aromatic rings. The van der Waals surface area contributed by atoms with Crippen molar-refractivity contribution >= 4 is 27.3 Å². The van der Waals surface area contributed by atoms with Crippen LogP contribution in [0.4, 0.5) is 0 Å². The molecule has 0 fully saturated rings. The van der Waals surface area contributed by atoms with Gasteiger partial charge in [0.05, 0.1) is 12.4 Å². The minimum atomic E-state index is -0.0826. The van der Waals surface area contributed by atoms with E-state index in [4.69, 9.17) is 4.74 Å². The second-order valence-electron chi connectivity index (χ2n) is 3.03. The van der Waals surface area contributed by atoms with E-state index in [0.717, 1.165) is 0 Å². The van der Waals surface area contributed by atoms with Gasteiger partial charge < -0.3 is 4.74 Å². The van der Waals surface area contributed by atoms with Crippen molar-refractivity contribution < 1.29 is 9.53 Å². The van der Waals surface area contributed by atoms with E-state index < -0.39 is 0 Å². The van der Waals surface area contributed by atoms with Gasteiger partial charge in [-0.15, -0.1) is 0 Å². The van der Waals surface area contributed by atoms with Gasteiger partial charge in [0, 0.05) is 0 Å². The van der Waals surface area contributed by atoms with E-state index in [9.17, 15) is 4.79 Å². The standard InChI is InChI=1S/C12H12BrNO2/c1-4-8(2)12-11(16-3)6-5-9(14-12)10(15)7-13/h4-6H,1-2,7H2,3H3. The molecule has 3 nitrogen and oxygen atoms in total. The molecule has 1 aromatic heterocycles. The van der Waals surface area contributed by atoms with Crippen LogP contribution in [0, 0.1) is 0 Å². The van der Waals surface area contributed by atoms with Crippen LogP contribution in [0.1, 0.15) is 16.2 Å². The Morgan fingerprint density at radius 2 is 2.31 bits per heavy atom. The van der Waals surface area contributed by atoms with Gasteiger partial charge in [0.25, 0.3) is 0 Å². The molecule has 0 aliphatic heterocycles. The minimum absolute atomic E-state index is 0.0826. The van der Waals surface area contributed by atoms with Gasteiger partial charge in [-0.1, -0.05) is 35.2 Å². The number of allylic oxidation sites excluding steroid dienone is 2. The van der Waals surface area contributed by atoms with Crippen LogP contribution in [-0.2, 0) is 0 Å². The Morgan fingerprint density at radius 3 is 2.81 bits per heavy atom. The summed E-state index contributed by atoms with van der Waals surface area (Å²) in [6.07, 6.45) is 1.58. The maximum absolute atomic E-state index is 11.5. The average Bonchev–Trinajstić information content (AvgIpc) is 2.35. The van der Waals surface area contributed by atoms with Crippen molar-refractivity contribution in [3.63, 3.8) is 0 Å². The van der Waals surface area contributed by atoms with Crippen LogP contribution < -0.4 is 4.74 Å². The summed E-state index contributed by atoms with van der Waals surface area (Å²) in [5, 5.41) is 0.242. The molecule has 84 valence electrons. The second kappa shape index (κ2) is 5.61. The molecule has 1 rings (SSSR count). The molecule has 0 aromatic carbocycles. The number of Topliss-reactive ketones (excluding diaryl/α,β-unsaturated/α-hetero) is 1. The lowest BCUT2D eigenvalue weighted by Crippen LogP contribution is -2.05. The summed E-state index contributed by atoms with van der Waals surface area (Å²) in [7, 11) is 1.54. The molecule has 0 N–H and O–H groups in total. The minimum Gasteiger partial charge on any atom is -0.494 e. The van der Waals surface area contributed by atoms with Gasteiger partial charge in [-0.05, 0) is 17.7 Å². The van der Waals surface area contributed by atoms with E-state index in [1.54, 1.807) is 25.3 Å². The Hall–Kier alpha value is -1.42. The molecule has 0 unspecified atom stereocenters. The highest BCUT2D eigenvalue weighted by molar-refractivity contribution is 9.09. The van der Waals surface area contributed by atoms with Crippen molar-refractivity contribution in [2.24, 2.45) is 0 Å². The number of aromatic nitrogens is 1. The SMILES string of the molecule is C=CC(=C)c1nc(C(=O)CBr)ccc1OC. The van der Waals surface area contributed by atoms with E-state index in [1.807, 2.05) is 0 Å². The average molecular weight is 282 g/mol. The number of ether oxygens (including phenoxy) is 1. The van der Waals surface area contributed by atoms with Crippen molar-refractivity contribution in [3.05, 3.63) is 42.8 Å². The molecule has 4 heteroatoms. The number of carbonyl (C=O) groups is 1. The first kappa shape index (κ1) is 12.6. The molecule has 0 atom stereocenters. The van der Waals surface area contributed by atoms with Crippen LogP contribution in [0.25, 0.3) is 5.57 Å². The van der Waals surface area contributed by atoms with Crippen molar-refractivity contribution in [2.45, 2.75) is 0 Å². The van der Waals surface area contributed by atoms with Crippen LogP contribution in [-0.4, -0.2) is 23.2 Å². The molecule has 0 amide bonds. The number of halogens is 1. The molecule has 0 bridgehead atoms. The van der Waals surface area contributed by atoms with E-state index in [0.29, 0.717) is 22.7 Å². The molecule has 16 heavy (non-hydrogen) atoms. The van der Waals surface area contributed by atoms with E-state index in [1.165, 1.54) is 0 Å². The van der Waals surface area contributed by atoms with Gasteiger partial charge in [-0.2, -0.15) is 0 Å². The predicted octanol–water partition coefficient (Wildman–Crippen LogP) is 2.87. The highest BCUT2D eigenvalue weighted by Crippen LogP contribution is 2.24. The third kappa shape index (κ3) is 2.58. The van der Waals surface area contributed by atoms with Crippen molar-refractivity contribution in [1.29, 1.82) is 0 Å². The Morgan fingerprint density at radius 1 is 1.62 bits per heavy atom. The van der Waals surface area contributed by atoms with Crippen molar-refractivity contribution in [2.75, 3.05) is 12.4 Å². The molecule has 1 heterocycles. The highest BCUT2D eigenvalue weighted by atomic mass is 79.9. The lowest BCUT2D eigenvalue weighted by molar-refractivity contribution is 0.101. The highest BCUT2D eigenvalue weighted by Gasteiger charge is 2.11. The van der Waals surface area contributed by atoms with E-state index in [-0.39, 0.29) is 11.1 Å². The zero-order chi connectivity index (χ0) is 12.1. The van der Waals surface area contributed by atoms with Gasteiger partial charge in [0.2, 0.25) is 0 Å². The van der Waals surface area contributed by atoms with Gasteiger partial charge in [-0.25, -0.2) is 4.98 Å². The molecule has 0 spiro atoms. The van der Waals surface area contributed by atoms with E-state index >= 15 is 0 Å². The first-order valence-electron chi connectivity index (χ1n) is 4.60. The Labute approximate surface area is 103 Å².